The van der Waals surface area contributed by atoms with Gasteiger partial charge in [0.1, 0.15) is 5.15 Å². The van der Waals surface area contributed by atoms with E-state index in [1.165, 1.54) is 12.6 Å². The third kappa shape index (κ3) is 3.83. The highest BCUT2D eigenvalue weighted by Crippen LogP contribution is 2.30. The molecule has 0 amide bonds. The molecule has 0 spiro atoms. The van der Waals surface area contributed by atoms with Crippen molar-refractivity contribution in [1.82, 2.24) is 4.98 Å². The predicted octanol–water partition coefficient (Wildman–Crippen LogP) is 3.43. The summed E-state index contributed by atoms with van der Waals surface area (Å²) < 4.78 is 26.8. The number of rotatable bonds is 5. The Kier molecular flexibility index (Phi) is 4.50. The lowest BCUT2D eigenvalue weighted by Crippen LogP contribution is -2.21. The summed E-state index contributed by atoms with van der Waals surface area (Å²) in [6, 6.07) is 1.61. The van der Waals surface area contributed by atoms with Crippen LogP contribution in [0.25, 0.3) is 0 Å². The molecule has 0 saturated heterocycles. The van der Waals surface area contributed by atoms with Gasteiger partial charge < -0.3 is 0 Å². The smallest absolute Gasteiger partial charge is 0.232 e. The average Bonchev–Trinajstić information content (AvgIpc) is 2.20. The Balaban J connectivity index is 1.95. The van der Waals surface area contributed by atoms with Crippen LogP contribution >= 0.6 is 27.5 Å². The van der Waals surface area contributed by atoms with Gasteiger partial charge in [0.2, 0.25) is 10.0 Å². The number of sulfonamides is 1. The van der Waals surface area contributed by atoms with Gasteiger partial charge >= 0.3 is 0 Å². The Hall–Kier alpha value is -0.330. The van der Waals surface area contributed by atoms with Crippen molar-refractivity contribution in [2.75, 3.05) is 10.5 Å². The van der Waals surface area contributed by atoms with E-state index in [4.69, 9.17) is 11.6 Å². The predicted molar refractivity (Wildman–Crippen MR) is 76.3 cm³/mol. The maximum Gasteiger partial charge on any atom is 0.232 e. The van der Waals surface area contributed by atoms with Gasteiger partial charge in [0, 0.05) is 0 Å². The largest absolute Gasteiger partial charge is 0.282 e. The number of anilines is 1. The Morgan fingerprint density at radius 1 is 1.50 bits per heavy atom. The van der Waals surface area contributed by atoms with Gasteiger partial charge in [0.05, 0.1) is 22.1 Å². The van der Waals surface area contributed by atoms with Crippen molar-refractivity contribution in [3.63, 3.8) is 0 Å². The van der Waals surface area contributed by atoms with E-state index in [9.17, 15) is 8.42 Å². The molecule has 1 aromatic rings. The van der Waals surface area contributed by atoms with Crippen LogP contribution in [0.3, 0.4) is 0 Å². The van der Waals surface area contributed by atoms with Crippen LogP contribution in [0, 0.1) is 5.92 Å². The van der Waals surface area contributed by atoms with E-state index in [0.29, 0.717) is 21.2 Å². The Bertz CT molecular complexity index is 532. The SMILES string of the molecule is O=S(=O)(CCC1CCC1)Nc1cnc(Cl)c(Br)c1. The van der Waals surface area contributed by atoms with Crippen molar-refractivity contribution < 1.29 is 8.42 Å². The van der Waals surface area contributed by atoms with Crippen LogP contribution < -0.4 is 4.72 Å². The number of hydrogen-bond donors (Lipinski definition) is 1. The molecule has 0 aromatic carbocycles. The Morgan fingerprint density at radius 2 is 2.22 bits per heavy atom. The van der Waals surface area contributed by atoms with Gasteiger partial charge in [-0.15, -0.1) is 0 Å². The molecule has 1 aliphatic rings. The highest BCUT2D eigenvalue weighted by atomic mass is 79.9. The molecule has 0 radical (unpaired) electrons. The quantitative estimate of drug-likeness (QED) is 0.825. The van der Waals surface area contributed by atoms with E-state index in [1.807, 2.05) is 0 Å². The summed E-state index contributed by atoms with van der Waals surface area (Å²) >= 11 is 8.95. The van der Waals surface area contributed by atoms with Crippen LogP contribution in [-0.2, 0) is 10.0 Å². The fraction of sp³-hybridized carbons (Fsp3) is 0.545. The zero-order valence-electron chi connectivity index (χ0n) is 9.70. The first kappa shape index (κ1) is 14.1. The molecule has 2 rings (SSSR count). The number of pyridine rings is 1. The van der Waals surface area contributed by atoms with Crippen molar-refractivity contribution in [3.05, 3.63) is 21.9 Å². The molecule has 0 aliphatic heterocycles. The van der Waals surface area contributed by atoms with Crippen LogP contribution in [0.2, 0.25) is 5.15 Å². The maximum atomic E-state index is 11.9. The second-order valence-electron chi connectivity index (χ2n) is 4.50. The van der Waals surface area contributed by atoms with Crippen LogP contribution in [0.5, 0.6) is 0 Å². The maximum absolute atomic E-state index is 11.9. The molecule has 1 heterocycles. The molecule has 7 heteroatoms. The topological polar surface area (TPSA) is 59.1 Å². The van der Waals surface area contributed by atoms with Gasteiger partial charge in [-0.3, -0.25) is 4.72 Å². The number of nitrogens with zero attached hydrogens (tertiary/aromatic N) is 1. The van der Waals surface area contributed by atoms with E-state index in [2.05, 4.69) is 25.6 Å². The molecule has 18 heavy (non-hydrogen) atoms. The van der Waals surface area contributed by atoms with E-state index < -0.39 is 10.0 Å². The third-order valence-corrected chi connectivity index (χ3v) is 5.54. The molecule has 0 atom stereocenters. The summed E-state index contributed by atoms with van der Waals surface area (Å²) in [5, 5.41) is 0.312. The van der Waals surface area contributed by atoms with E-state index in [0.717, 1.165) is 19.3 Å². The monoisotopic (exact) mass is 352 g/mol. The zero-order valence-corrected chi connectivity index (χ0v) is 12.9. The Labute approximate surface area is 120 Å². The molecule has 1 fully saturated rings. The molecule has 100 valence electrons. The number of aromatic nitrogens is 1. The van der Waals surface area contributed by atoms with Gasteiger partial charge in [-0.05, 0) is 34.3 Å². The number of halogens is 2. The molecule has 1 N–H and O–H groups in total. The van der Waals surface area contributed by atoms with E-state index in [1.54, 1.807) is 6.07 Å². The first-order valence-corrected chi connectivity index (χ1v) is 8.60. The van der Waals surface area contributed by atoms with Crippen molar-refractivity contribution >= 4 is 43.2 Å². The van der Waals surface area contributed by atoms with Crippen molar-refractivity contribution in [1.29, 1.82) is 0 Å². The molecule has 0 unspecified atom stereocenters. The summed E-state index contributed by atoms with van der Waals surface area (Å²) in [6.07, 6.45) is 5.69. The highest BCUT2D eigenvalue weighted by Gasteiger charge is 2.20. The van der Waals surface area contributed by atoms with E-state index in [-0.39, 0.29) is 5.75 Å². The van der Waals surface area contributed by atoms with Gasteiger partial charge in [0.25, 0.3) is 0 Å². The molecular weight excluding hydrogens is 340 g/mol. The fourth-order valence-electron chi connectivity index (χ4n) is 1.81. The number of nitrogens with one attached hydrogen (secondary N) is 1. The molecule has 0 bridgehead atoms. The second kappa shape index (κ2) is 5.75. The average molecular weight is 354 g/mol. The summed E-state index contributed by atoms with van der Waals surface area (Å²) in [6.45, 7) is 0. The van der Waals surface area contributed by atoms with Crippen molar-refractivity contribution in [2.24, 2.45) is 5.92 Å². The minimum atomic E-state index is -3.29. The standard InChI is InChI=1S/C11H14BrClN2O2S/c12-10-6-9(7-14-11(10)13)15-18(16,17)5-4-8-2-1-3-8/h6-8,15H,1-5H2. The molecule has 1 aliphatic carbocycles. The minimum absolute atomic E-state index is 0.165. The summed E-state index contributed by atoms with van der Waals surface area (Å²) in [4.78, 5) is 3.88. The van der Waals surface area contributed by atoms with Gasteiger partial charge in [0.15, 0.2) is 0 Å². The van der Waals surface area contributed by atoms with Crippen LogP contribution in [-0.4, -0.2) is 19.2 Å². The first-order chi connectivity index (χ1) is 8.46. The molecule has 1 aromatic heterocycles. The lowest BCUT2D eigenvalue weighted by molar-refractivity contribution is 0.307. The molecular formula is C11H14BrClN2O2S. The lowest BCUT2D eigenvalue weighted by atomic mass is 9.84. The van der Waals surface area contributed by atoms with Crippen LogP contribution in [0.1, 0.15) is 25.7 Å². The zero-order chi connectivity index (χ0) is 13.2. The summed E-state index contributed by atoms with van der Waals surface area (Å²) in [5.41, 5.74) is 0.430. The van der Waals surface area contributed by atoms with Gasteiger partial charge in [-0.1, -0.05) is 30.9 Å². The van der Waals surface area contributed by atoms with E-state index >= 15 is 0 Å². The van der Waals surface area contributed by atoms with Gasteiger partial charge in [-0.25, -0.2) is 13.4 Å². The Morgan fingerprint density at radius 3 is 2.78 bits per heavy atom. The molecule has 4 nitrogen and oxygen atoms in total. The summed E-state index contributed by atoms with van der Waals surface area (Å²) in [5.74, 6) is 0.745. The van der Waals surface area contributed by atoms with Crippen molar-refractivity contribution in [3.8, 4) is 0 Å². The summed E-state index contributed by atoms with van der Waals surface area (Å²) in [7, 11) is -3.29. The highest BCUT2D eigenvalue weighted by molar-refractivity contribution is 9.10. The number of hydrogen-bond acceptors (Lipinski definition) is 3. The van der Waals surface area contributed by atoms with Gasteiger partial charge in [-0.2, -0.15) is 0 Å². The molecule has 1 saturated carbocycles. The van der Waals surface area contributed by atoms with Crippen molar-refractivity contribution in [2.45, 2.75) is 25.7 Å². The first-order valence-electron chi connectivity index (χ1n) is 5.78. The lowest BCUT2D eigenvalue weighted by Gasteiger charge is -2.24. The third-order valence-electron chi connectivity index (χ3n) is 3.09. The van der Waals surface area contributed by atoms with Crippen LogP contribution in [0.4, 0.5) is 5.69 Å². The minimum Gasteiger partial charge on any atom is -0.282 e. The second-order valence-corrected chi connectivity index (χ2v) is 7.56. The van der Waals surface area contributed by atoms with Crippen LogP contribution in [0.15, 0.2) is 16.7 Å². The normalized spacial score (nSPS) is 16.3. The fourth-order valence-corrected chi connectivity index (χ4v) is 3.48.